The topological polar surface area (TPSA) is 60.4 Å². The summed E-state index contributed by atoms with van der Waals surface area (Å²) < 4.78 is 5.05. The molecule has 4 unspecified atom stereocenters. The van der Waals surface area contributed by atoms with Crippen molar-refractivity contribution in [1.29, 1.82) is 0 Å². The fourth-order valence-corrected chi connectivity index (χ4v) is 3.74. The van der Waals surface area contributed by atoms with E-state index in [9.17, 15) is 14.4 Å². The maximum Gasteiger partial charge on any atom is 0.318 e. The number of cyclic esters (lactones) is 2. The Hall–Kier alpha value is -0.680. The van der Waals surface area contributed by atoms with Gasteiger partial charge in [-0.2, -0.15) is 0 Å². The number of fused-ring (bicyclic) bond motifs is 5. The molecule has 0 radical (unpaired) electrons. The first kappa shape index (κ1) is 9.54. The van der Waals surface area contributed by atoms with E-state index in [1.54, 1.807) is 0 Å². The molecule has 1 saturated heterocycles. The van der Waals surface area contributed by atoms with Gasteiger partial charge in [0.15, 0.2) is 5.78 Å². The Labute approximate surface area is 97.7 Å². The fourth-order valence-electron chi connectivity index (χ4n) is 2.62. The van der Waals surface area contributed by atoms with Gasteiger partial charge in [0.05, 0.1) is 23.7 Å². The SMILES string of the molecule is O=C1C2C(Cl)=C(Br)C1C1C(=O)OC(=O)C21. The quantitative estimate of drug-likeness (QED) is 0.493. The Kier molecular flexibility index (Phi) is 1.72. The predicted octanol–water partition coefficient (Wildman–Crippen LogP) is 0.976. The van der Waals surface area contributed by atoms with E-state index < -0.39 is 35.6 Å². The fraction of sp³-hybridized carbons (Fsp3) is 0.444. The highest BCUT2D eigenvalue weighted by molar-refractivity contribution is 9.11. The molecule has 4 atom stereocenters. The Morgan fingerprint density at radius 2 is 1.60 bits per heavy atom. The number of carbonyl (C=O) groups is 3. The maximum absolute atomic E-state index is 11.8. The molecule has 3 rings (SSSR count). The second-order valence-corrected chi connectivity index (χ2v) is 5.11. The minimum Gasteiger partial charge on any atom is -0.393 e. The third-order valence-corrected chi connectivity index (χ3v) is 4.83. The Balaban J connectivity index is 2.18. The van der Waals surface area contributed by atoms with Crippen LogP contribution in [0.2, 0.25) is 0 Å². The summed E-state index contributed by atoms with van der Waals surface area (Å²) in [5, 5.41) is 0.345. The molecule has 1 aliphatic heterocycles. The molecule has 15 heavy (non-hydrogen) atoms. The third-order valence-electron chi connectivity index (χ3n) is 3.24. The molecule has 0 spiro atoms. The number of hydrogen-bond donors (Lipinski definition) is 0. The Bertz CT molecular complexity index is 417. The standard InChI is InChI=1S/C9H4BrClO4/c10-5-3-1-2(9(14)15-8(1)13)4(6(5)11)7(3)12/h1-4H. The van der Waals surface area contributed by atoms with Crippen LogP contribution in [0.3, 0.4) is 0 Å². The van der Waals surface area contributed by atoms with Crippen LogP contribution in [0, 0.1) is 23.7 Å². The predicted molar refractivity (Wildman–Crippen MR) is 51.9 cm³/mol. The van der Waals surface area contributed by atoms with Gasteiger partial charge < -0.3 is 4.74 Å². The van der Waals surface area contributed by atoms with Gasteiger partial charge in [-0.25, -0.2) is 0 Å². The molecule has 0 aromatic rings. The summed E-state index contributed by atoms with van der Waals surface area (Å²) in [4.78, 5) is 34.5. The average Bonchev–Trinajstić information content (AvgIpc) is 2.68. The van der Waals surface area contributed by atoms with E-state index in [-0.39, 0.29) is 5.78 Å². The lowest BCUT2D eigenvalue weighted by atomic mass is 9.85. The van der Waals surface area contributed by atoms with E-state index >= 15 is 0 Å². The van der Waals surface area contributed by atoms with Gasteiger partial charge in [0.1, 0.15) is 0 Å². The van der Waals surface area contributed by atoms with Crippen LogP contribution in [0.1, 0.15) is 0 Å². The first-order valence-electron chi connectivity index (χ1n) is 4.38. The molecule has 4 nitrogen and oxygen atoms in total. The van der Waals surface area contributed by atoms with Gasteiger partial charge in [-0.05, 0) is 0 Å². The van der Waals surface area contributed by atoms with Crippen LogP contribution in [0.25, 0.3) is 0 Å². The molecule has 78 valence electrons. The number of rotatable bonds is 0. The largest absolute Gasteiger partial charge is 0.393 e. The van der Waals surface area contributed by atoms with Crippen LogP contribution < -0.4 is 0 Å². The van der Waals surface area contributed by atoms with E-state index in [0.717, 1.165) is 0 Å². The normalized spacial score (nSPS) is 42.7. The molecule has 1 heterocycles. The van der Waals surface area contributed by atoms with Crippen molar-refractivity contribution in [1.82, 2.24) is 0 Å². The molecule has 3 aliphatic rings. The highest BCUT2D eigenvalue weighted by Gasteiger charge is 2.67. The van der Waals surface area contributed by atoms with Gasteiger partial charge in [0, 0.05) is 9.51 Å². The molecule has 6 heteroatoms. The van der Waals surface area contributed by atoms with Crippen molar-refractivity contribution in [2.45, 2.75) is 0 Å². The van der Waals surface area contributed by atoms with Crippen molar-refractivity contribution in [2.24, 2.45) is 23.7 Å². The lowest BCUT2D eigenvalue weighted by molar-refractivity contribution is -0.155. The molecule has 0 N–H and O–H groups in total. The van der Waals surface area contributed by atoms with Gasteiger partial charge in [-0.3, -0.25) is 14.4 Å². The molecule has 1 saturated carbocycles. The van der Waals surface area contributed by atoms with E-state index in [1.165, 1.54) is 0 Å². The van der Waals surface area contributed by atoms with Crippen molar-refractivity contribution < 1.29 is 19.1 Å². The molecule has 0 amide bonds. The number of esters is 2. The van der Waals surface area contributed by atoms with Gasteiger partial charge in [-0.1, -0.05) is 27.5 Å². The van der Waals surface area contributed by atoms with E-state index in [0.29, 0.717) is 9.51 Å². The average molecular weight is 291 g/mol. The number of halogens is 2. The van der Waals surface area contributed by atoms with Crippen molar-refractivity contribution in [2.75, 3.05) is 0 Å². The van der Waals surface area contributed by atoms with Gasteiger partial charge in [0.2, 0.25) is 0 Å². The zero-order valence-electron chi connectivity index (χ0n) is 7.20. The summed E-state index contributed by atoms with van der Waals surface area (Å²) in [5.74, 6) is -4.00. The van der Waals surface area contributed by atoms with E-state index in [1.807, 2.05) is 0 Å². The summed E-state index contributed by atoms with van der Waals surface area (Å²) in [6.45, 7) is 0. The summed E-state index contributed by atoms with van der Waals surface area (Å²) in [6.07, 6.45) is 0. The summed E-state index contributed by atoms with van der Waals surface area (Å²) in [7, 11) is 0. The van der Waals surface area contributed by atoms with Crippen LogP contribution in [-0.2, 0) is 19.1 Å². The Morgan fingerprint density at radius 3 is 2.20 bits per heavy atom. The van der Waals surface area contributed by atoms with Crippen molar-refractivity contribution >= 4 is 45.3 Å². The van der Waals surface area contributed by atoms with Crippen LogP contribution in [0.4, 0.5) is 0 Å². The van der Waals surface area contributed by atoms with E-state index in [4.69, 9.17) is 11.6 Å². The van der Waals surface area contributed by atoms with Crippen LogP contribution in [0.15, 0.2) is 9.51 Å². The zero-order chi connectivity index (χ0) is 10.9. The van der Waals surface area contributed by atoms with Crippen LogP contribution in [0.5, 0.6) is 0 Å². The monoisotopic (exact) mass is 290 g/mol. The number of ether oxygens (including phenoxy) is 1. The van der Waals surface area contributed by atoms with Crippen molar-refractivity contribution in [3.8, 4) is 0 Å². The highest BCUT2D eigenvalue weighted by atomic mass is 79.9. The molecular weight excluding hydrogens is 287 g/mol. The number of allylic oxidation sites excluding steroid dienone is 2. The third kappa shape index (κ3) is 0.910. The van der Waals surface area contributed by atoms with Gasteiger partial charge >= 0.3 is 11.9 Å². The summed E-state index contributed by atoms with van der Waals surface area (Å²) in [5.41, 5.74) is 0. The second-order valence-electron chi connectivity index (χ2n) is 3.85. The first-order chi connectivity index (χ1) is 7.04. The lowest BCUT2D eigenvalue weighted by Gasteiger charge is -2.16. The highest BCUT2D eigenvalue weighted by Crippen LogP contribution is 2.58. The summed E-state index contributed by atoms with van der Waals surface area (Å²) >= 11 is 9.12. The minimum atomic E-state index is -0.691. The van der Waals surface area contributed by atoms with Gasteiger partial charge in [0.25, 0.3) is 0 Å². The number of carbonyl (C=O) groups excluding carboxylic acids is 3. The molecule has 2 bridgehead atoms. The number of hydrogen-bond acceptors (Lipinski definition) is 4. The molecule has 0 aromatic heterocycles. The smallest absolute Gasteiger partial charge is 0.318 e. The lowest BCUT2D eigenvalue weighted by Crippen LogP contribution is -2.24. The summed E-state index contributed by atoms with van der Waals surface area (Å²) in [6, 6.07) is 0. The maximum atomic E-state index is 11.8. The number of ketones is 1. The molecule has 0 aromatic carbocycles. The van der Waals surface area contributed by atoms with Crippen LogP contribution in [-0.4, -0.2) is 17.7 Å². The van der Waals surface area contributed by atoms with Crippen LogP contribution >= 0.6 is 27.5 Å². The van der Waals surface area contributed by atoms with Gasteiger partial charge in [-0.15, -0.1) is 0 Å². The zero-order valence-corrected chi connectivity index (χ0v) is 9.54. The second kappa shape index (κ2) is 2.71. The first-order valence-corrected chi connectivity index (χ1v) is 5.55. The number of Topliss-reactive ketones (excluding diaryl/α,β-unsaturated/α-hetero) is 1. The molecule has 2 fully saturated rings. The Morgan fingerprint density at radius 1 is 1.07 bits per heavy atom. The minimum absolute atomic E-state index is 0.146. The molecule has 2 aliphatic carbocycles. The van der Waals surface area contributed by atoms with Crippen molar-refractivity contribution in [3.63, 3.8) is 0 Å². The van der Waals surface area contributed by atoms with Crippen molar-refractivity contribution in [3.05, 3.63) is 9.51 Å². The van der Waals surface area contributed by atoms with E-state index in [2.05, 4.69) is 20.7 Å². The molecular formula is C9H4BrClO4.